The van der Waals surface area contributed by atoms with E-state index >= 15 is 0 Å². The maximum absolute atomic E-state index is 5.45. The lowest BCUT2D eigenvalue weighted by molar-refractivity contribution is 0.403. The van der Waals surface area contributed by atoms with E-state index in [1.807, 2.05) is 7.11 Å². The highest BCUT2D eigenvalue weighted by Crippen LogP contribution is 2.12. The predicted octanol–water partition coefficient (Wildman–Crippen LogP) is 3.58. The largest absolute Gasteiger partial charge is 0.420 e. The molecule has 0 aliphatic carbocycles. The minimum atomic E-state index is -1.29. The Kier molecular flexibility index (Phi) is 6.39. The Bertz CT molecular complexity index is 130. The van der Waals surface area contributed by atoms with Crippen molar-refractivity contribution in [3.8, 4) is 0 Å². The first-order valence-corrected chi connectivity index (χ1v) is 7.94. The molecule has 0 aromatic heterocycles. The molecule has 0 aliphatic rings. The Morgan fingerprint density at radius 2 is 1.75 bits per heavy atom. The van der Waals surface area contributed by atoms with E-state index in [0.29, 0.717) is 0 Å². The zero-order valence-corrected chi connectivity index (χ0v) is 9.89. The van der Waals surface area contributed by atoms with Crippen LogP contribution < -0.4 is 0 Å². The van der Waals surface area contributed by atoms with Gasteiger partial charge >= 0.3 is 0 Å². The molecule has 12 heavy (non-hydrogen) atoms. The second-order valence-corrected chi connectivity index (χ2v) is 8.19. The molecule has 0 unspecified atom stereocenters. The van der Waals surface area contributed by atoms with Crippen LogP contribution >= 0.6 is 0 Å². The van der Waals surface area contributed by atoms with E-state index in [-0.39, 0.29) is 0 Å². The molecule has 0 N–H and O–H groups in total. The van der Waals surface area contributed by atoms with Gasteiger partial charge < -0.3 is 4.43 Å². The van der Waals surface area contributed by atoms with Crippen LogP contribution in [0.15, 0.2) is 12.2 Å². The fourth-order valence-corrected chi connectivity index (χ4v) is 2.00. The lowest BCUT2D eigenvalue weighted by Gasteiger charge is -2.18. The van der Waals surface area contributed by atoms with Crippen LogP contribution in [0.4, 0.5) is 0 Å². The van der Waals surface area contributed by atoms with Gasteiger partial charge in [0, 0.05) is 7.11 Å². The molecule has 0 heterocycles. The summed E-state index contributed by atoms with van der Waals surface area (Å²) in [7, 11) is 0.547. The van der Waals surface area contributed by atoms with Gasteiger partial charge in [0.1, 0.15) is 0 Å². The van der Waals surface area contributed by atoms with Gasteiger partial charge in [-0.25, -0.2) is 0 Å². The Hall–Kier alpha value is -0.0831. The summed E-state index contributed by atoms with van der Waals surface area (Å²) in [5.74, 6) is 0. The summed E-state index contributed by atoms with van der Waals surface area (Å²) in [6.07, 6.45) is 8.22. The average molecular weight is 186 g/mol. The lowest BCUT2D eigenvalue weighted by atomic mass is 10.3. The standard InChI is InChI=1S/C10H22OSi/c1-5-6-7-8-9-10-12(3,4)11-2/h7-8H,5-6,9-10H2,1-4H3. The van der Waals surface area contributed by atoms with Crippen molar-refractivity contribution < 1.29 is 4.43 Å². The van der Waals surface area contributed by atoms with Crippen LogP contribution in [0.2, 0.25) is 19.1 Å². The minimum absolute atomic E-state index is 1.19. The van der Waals surface area contributed by atoms with Gasteiger partial charge in [-0.15, -0.1) is 0 Å². The number of unbranched alkanes of at least 4 members (excludes halogenated alkanes) is 1. The fourth-order valence-electron chi connectivity index (χ4n) is 0.935. The van der Waals surface area contributed by atoms with Crippen LogP contribution in [-0.2, 0) is 4.43 Å². The Morgan fingerprint density at radius 3 is 2.25 bits per heavy atom. The summed E-state index contributed by atoms with van der Waals surface area (Å²) >= 11 is 0. The number of hydrogen-bond donors (Lipinski definition) is 0. The third-order valence-electron chi connectivity index (χ3n) is 2.09. The zero-order valence-electron chi connectivity index (χ0n) is 8.89. The third-order valence-corrected chi connectivity index (χ3v) is 4.69. The van der Waals surface area contributed by atoms with Crippen molar-refractivity contribution in [2.24, 2.45) is 0 Å². The first-order chi connectivity index (χ1) is 5.62. The Morgan fingerprint density at radius 1 is 1.17 bits per heavy atom. The van der Waals surface area contributed by atoms with Gasteiger partial charge in [0.05, 0.1) is 0 Å². The van der Waals surface area contributed by atoms with Crippen molar-refractivity contribution in [3.05, 3.63) is 12.2 Å². The molecule has 0 aromatic rings. The molecule has 0 aliphatic heterocycles. The molecule has 0 rings (SSSR count). The molecule has 0 radical (unpaired) electrons. The quantitative estimate of drug-likeness (QED) is 0.455. The van der Waals surface area contributed by atoms with E-state index in [1.54, 1.807) is 0 Å². The molecule has 1 nitrogen and oxygen atoms in total. The highest BCUT2D eigenvalue weighted by atomic mass is 28.4. The summed E-state index contributed by atoms with van der Waals surface area (Å²) in [4.78, 5) is 0. The normalized spacial score (nSPS) is 12.7. The van der Waals surface area contributed by atoms with Crippen molar-refractivity contribution in [2.75, 3.05) is 7.11 Å². The number of allylic oxidation sites excluding steroid dienone is 2. The van der Waals surface area contributed by atoms with E-state index in [1.165, 1.54) is 25.3 Å². The van der Waals surface area contributed by atoms with E-state index in [2.05, 4.69) is 32.2 Å². The summed E-state index contributed by atoms with van der Waals surface area (Å²) in [6, 6.07) is 1.24. The summed E-state index contributed by atoms with van der Waals surface area (Å²) in [5.41, 5.74) is 0. The topological polar surface area (TPSA) is 9.23 Å². The second-order valence-electron chi connectivity index (χ2n) is 3.76. The van der Waals surface area contributed by atoms with Crippen molar-refractivity contribution in [3.63, 3.8) is 0 Å². The smallest absolute Gasteiger partial charge is 0.186 e. The average Bonchev–Trinajstić information content (AvgIpc) is 2.04. The number of rotatable bonds is 6. The number of hydrogen-bond acceptors (Lipinski definition) is 1. The maximum atomic E-state index is 5.45. The molecule has 0 saturated heterocycles. The molecular formula is C10H22OSi. The second kappa shape index (κ2) is 6.43. The summed E-state index contributed by atoms with van der Waals surface area (Å²) in [6.45, 7) is 6.74. The minimum Gasteiger partial charge on any atom is -0.420 e. The first-order valence-electron chi connectivity index (χ1n) is 4.82. The Labute approximate surface area is 78.0 Å². The molecule has 0 amide bonds. The van der Waals surface area contributed by atoms with Gasteiger partial charge in [-0.1, -0.05) is 25.5 Å². The zero-order chi connectivity index (χ0) is 9.45. The van der Waals surface area contributed by atoms with E-state index in [9.17, 15) is 0 Å². The van der Waals surface area contributed by atoms with Gasteiger partial charge in [0.25, 0.3) is 0 Å². The summed E-state index contributed by atoms with van der Waals surface area (Å²) < 4.78 is 5.45. The van der Waals surface area contributed by atoms with E-state index in [0.717, 1.165) is 0 Å². The SMILES string of the molecule is CCCC=CCC[Si](C)(C)OC. The fraction of sp³-hybridized carbons (Fsp3) is 0.800. The van der Waals surface area contributed by atoms with Crippen molar-refractivity contribution in [2.45, 2.75) is 45.3 Å². The molecular weight excluding hydrogens is 164 g/mol. The molecule has 0 spiro atoms. The lowest BCUT2D eigenvalue weighted by Crippen LogP contribution is -2.27. The van der Waals surface area contributed by atoms with Crippen LogP contribution in [0.25, 0.3) is 0 Å². The molecule has 72 valence electrons. The van der Waals surface area contributed by atoms with E-state index < -0.39 is 8.32 Å². The van der Waals surface area contributed by atoms with Gasteiger partial charge in [0.2, 0.25) is 0 Å². The van der Waals surface area contributed by atoms with Crippen molar-refractivity contribution >= 4 is 8.32 Å². The highest BCUT2D eigenvalue weighted by molar-refractivity contribution is 6.71. The van der Waals surface area contributed by atoms with Crippen LogP contribution in [0, 0.1) is 0 Å². The highest BCUT2D eigenvalue weighted by Gasteiger charge is 2.18. The maximum Gasteiger partial charge on any atom is 0.186 e. The van der Waals surface area contributed by atoms with Crippen LogP contribution in [0.1, 0.15) is 26.2 Å². The van der Waals surface area contributed by atoms with Crippen LogP contribution in [0.3, 0.4) is 0 Å². The Balaban J connectivity index is 3.42. The molecule has 0 fully saturated rings. The predicted molar refractivity (Wildman–Crippen MR) is 58.0 cm³/mol. The van der Waals surface area contributed by atoms with E-state index in [4.69, 9.17) is 4.43 Å². The molecule has 0 atom stereocenters. The van der Waals surface area contributed by atoms with Crippen LogP contribution in [0.5, 0.6) is 0 Å². The van der Waals surface area contributed by atoms with Gasteiger partial charge in [-0.2, -0.15) is 0 Å². The van der Waals surface area contributed by atoms with Crippen molar-refractivity contribution in [1.82, 2.24) is 0 Å². The molecule has 0 bridgehead atoms. The van der Waals surface area contributed by atoms with Gasteiger partial charge in [0.15, 0.2) is 8.32 Å². The van der Waals surface area contributed by atoms with Gasteiger partial charge in [-0.05, 0) is 32.0 Å². The molecule has 0 saturated carbocycles. The molecule has 0 aromatic carbocycles. The third kappa shape index (κ3) is 6.62. The monoisotopic (exact) mass is 186 g/mol. The summed E-state index contributed by atoms with van der Waals surface area (Å²) in [5, 5.41) is 0. The van der Waals surface area contributed by atoms with Crippen LogP contribution in [-0.4, -0.2) is 15.4 Å². The van der Waals surface area contributed by atoms with Crippen molar-refractivity contribution in [1.29, 1.82) is 0 Å². The first kappa shape index (κ1) is 11.9. The molecule has 2 heteroatoms. The van der Waals surface area contributed by atoms with Gasteiger partial charge in [-0.3, -0.25) is 0 Å².